The molecule has 0 saturated heterocycles. The predicted molar refractivity (Wildman–Crippen MR) is 72.8 cm³/mol. The molecule has 1 unspecified atom stereocenters. The van der Waals surface area contributed by atoms with Crippen molar-refractivity contribution in [3.05, 3.63) is 32.6 Å². The van der Waals surface area contributed by atoms with Crippen molar-refractivity contribution in [2.24, 2.45) is 4.99 Å². The van der Waals surface area contributed by atoms with Crippen LogP contribution >= 0.6 is 22.9 Å². The number of thiophene rings is 1. The van der Waals surface area contributed by atoms with Crippen LogP contribution in [0.25, 0.3) is 0 Å². The van der Waals surface area contributed by atoms with Crippen LogP contribution in [0.4, 0.5) is 0 Å². The average molecular weight is 254 g/mol. The molecule has 0 aromatic carbocycles. The van der Waals surface area contributed by atoms with Gasteiger partial charge in [0.1, 0.15) is 0 Å². The first kappa shape index (κ1) is 11.9. The van der Waals surface area contributed by atoms with Gasteiger partial charge in [-0.15, -0.1) is 11.3 Å². The second kappa shape index (κ2) is 4.72. The van der Waals surface area contributed by atoms with Gasteiger partial charge in [-0.1, -0.05) is 18.5 Å². The molecule has 3 heteroatoms. The van der Waals surface area contributed by atoms with Crippen LogP contribution < -0.4 is 0 Å². The first-order valence-corrected chi connectivity index (χ1v) is 6.85. The van der Waals surface area contributed by atoms with E-state index in [0.717, 1.165) is 17.9 Å². The molecule has 0 aliphatic carbocycles. The van der Waals surface area contributed by atoms with Gasteiger partial charge in [0.05, 0.1) is 0 Å². The largest absolute Gasteiger partial charge is 0.264 e. The van der Waals surface area contributed by atoms with Gasteiger partial charge in [-0.3, -0.25) is 4.99 Å². The van der Waals surface area contributed by atoms with E-state index < -0.39 is 0 Å². The lowest BCUT2D eigenvalue weighted by Crippen LogP contribution is -2.10. The molecule has 16 heavy (non-hydrogen) atoms. The quantitative estimate of drug-likeness (QED) is 0.719. The van der Waals surface area contributed by atoms with Gasteiger partial charge in [-0.2, -0.15) is 0 Å². The molecule has 1 aromatic rings. The lowest BCUT2D eigenvalue weighted by Gasteiger charge is -2.20. The number of hydrogen-bond acceptors (Lipinski definition) is 2. The maximum atomic E-state index is 6.28. The zero-order chi connectivity index (χ0) is 11.7. The Balaban J connectivity index is 2.33. The van der Waals surface area contributed by atoms with Gasteiger partial charge < -0.3 is 0 Å². The second-order valence-electron chi connectivity index (χ2n) is 4.23. The first-order chi connectivity index (χ1) is 7.63. The van der Waals surface area contributed by atoms with Crippen LogP contribution in [0.2, 0.25) is 0 Å². The molecular formula is C13H16ClNS. The number of rotatable bonds is 2. The van der Waals surface area contributed by atoms with Gasteiger partial charge in [-0.25, -0.2) is 0 Å². The monoisotopic (exact) mass is 253 g/mol. The van der Waals surface area contributed by atoms with Gasteiger partial charge in [0.25, 0.3) is 0 Å². The van der Waals surface area contributed by atoms with Crippen LogP contribution in [0.15, 0.2) is 21.6 Å². The molecule has 1 aliphatic rings. The molecule has 1 nitrogen and oxygen atoms in total. The summed E-state index contributed by atoms with van der Waals surface area (Å²) in [5, 5.41) is 3.09. The number of aliphatic imine (C=N–C) groups is 1. The molecule has 0 bridgehead atoms. The highest BCUT2D eigenvalue weighted by molar-refractivity contribution is 7.10. The summed E-state index contributed by atoms with van der Waals surface area (Å²) in [6.07, 6.45) is 3.82. The predicted octanol–water partition coefficient (Wildman–Crippen LogP) is 4.78. The third kappa shape index (κ3) is 2.09. The van der Waals surface area contributed by atoms with E-state index in [2.05, 4.69) is 31.1 Å². The van der Waals surface area contributed by atoms with E-state index in [1.54, 1.807) is 0 Å². The minimum atomic E-state index is 0.341. The summed E-state index contributed by atoms with van der Waals surface area (Å²) < 4.78 is 0. The molecule has 1 aromatic heterocycles. The summed E-state index contributed by atoms with van der Waals surface area (Å²) in [4.78, 5) is 5.77. The molecule has 0 fully saturated rings. The van der Waals surface area contributed by atoms with E-state index in [1.165, 1.54) is 21.7 Å². The summed E-state index contributed by atoms with van der Waals surface area (Å²) in [6, 6.07) is 0. The van der Waals surface area contributed by atoms with Crippen LogP contribution in [0.3, 0.4) is 0 Å². The Morgan fingerprint density at radius 3 is 2.81 bits per heavy atom. The number of hydrogen-bond donors (Lipinski definition) is 0. The lowest BCUT2D eigenvalue weighted by molar-refractivity contribution is 0.852. The summed E-state index contributed by atoms with van der Waals surface area (Å²) in [7, 11) is 0. The van der Waals surface area contributed by atoms with Gasteiger partial charge in [0, 0.05) is 27.7 Å². The third-order valence-electron chi connectivity index (χ3n) is 3.19. The lowest BCUT2D eigenvalue weighted by atomic mass is 9.94. The molecule has 1 atom stereocenters. The number of allylic oxidation sites excluding steroid dienone is 1. The highest BCUT2D eigenvalue weighted by Gasteiger charge is 2.23. The Morgan fingerprint density at radius 2 is 2.25 bits per heavy atom. The Hall–Kier alpha value is -0.600. The third-order valence-corrected chi connectivity index (χ3v) is 4.87. The Labute approximate surface area is 106 Å². The first-order valence-electron chi connectivity index (χ1n) is 5.59. The van der Waals surface area contributed by atoms with Gasteiger partial charge >= 0.3 is 0 Å². The zero-order valence-electron chi connectivity index (χ0n) is 9.88. The van der Waals surface area contributed by atoms with Gasteiger partial charge in [0.2, 0.25) is 0 Å². The van der Waals surface area contributed by atoms with Crippen molar-refractivity contribution in [1.29, 1.82) is 0 Å². The maximum Gasteiger partial charge on any atom is 0.0450 e. The summed E-state index contributed by atoms with van der Waals surface area (Å²) in [5.41, 5.74) is 4.00. The van der Waals surface area contributed by atoms with Crippen molar-refractivity contribution in [2.75, 3.05) is 0 Å². The van der Waals surface area contributed by atoms with Crippen LogP contribution in [0.5, 0.6) is 0 Å². The van der Waals surface area contributed by atoms with E-state index in [1.807, 2.05) is 17.5 Å². The zero-order valence-corrected chi connectivity index (χ0v) is 11.5. The maximum absolute atomic E-state index is 6.28. The summed E-state index contributed by atoms with van der Waals surface area (Å²) >= 11 is 8.10. The fraction of sp³-hybridized carbons (Fsp3) is 0.462. The van der Waals surface area contributed by atoms with Crippen molar-refractivity contribution >= 4 is 28.6 Å². The van der Waals surface area contributed by atoms with E-state index >= 15 is 0 Å². The standard InChI is InChI=1S/C13H16ClNS/c1-4-10-5-11(12(14)6-15-10)13-9(3)8(2)7-16-13/h6-7,11H,4-5H2,1-3H3. The minimum absolute atomic E-state index is 0.341. The fourth-order valence-electron chi connectivity index (χ4n) is 1.95. The van der Waals surface area contributed by atoms with E-state index in [9.17, 15) is 0 Å². The van der Waals surface area contributed by atoms with Crippen LogP contribution in [-0.4, -0.2) is 5.71 Å². The van der Waals surface area contributed by atoms with Crippen LogP contribution in [0, 0.1) is 13.8 Å². The molecule has 86 valence electrons. The van der Waals surface area contributed by atoms with Crippen molar-refractivity contribution in [2.45, 2.75) is 39.5 Å². The molecule has 1 aliphatic heterocycles. The van der Waals surface area contributed by atoms with Gasteiger partial charge in [-0.05, 0) is 43.2 Å². The van der Waals surface area contributed by atoms with Crippen molar-refractivity contribution in [1.82, 2.24) is 0 Å². The SMILES string of the molecule is CCC1=NC=C(Cl)C(c2scc(C)c2C)C1. The summed E-state index contributed by atoms with van der Waals surface area (Å²) in [5.74, 6) is 0.341. The highest BCUT2D eigenvalue weighted by atomic mass is 35.5. The Bertz CT molecular complexity index is 456. The van der Waals surface area contributed by atoms with Crippen molar-refractivity contribution < 1.29 is 0 Å². The highest BCUT2D eigenvalue weighted by Crippen LogP contribution is 2.39. The molecule has 2 heterocycles. The molecule has 0 radical (unpaired) electrons. The minimum Gasteiger partial charge on any atom is -0.264 e. The molecule has 2 rings (SSSR count). The molecule has 0 spiro atoms. The molecule has 0 N–H and O–H groups in total. The second-order valence-corrected chi connectivity index (χ2v) is 5.58. The van der Waals surface area contributed by atoms with E-state index in [-0.39, 0.29) is 0 Å². The van der Waals surface area contributed by atoms with E-state index in [0.29, 0.717) is 5.92 Å². The van der Waals surface area contributed by atoms with Crippen molar-refractivity contribution in [3.63, 3.8) is 0 Å². The van der Waals surface area contributed by atoms with Gasteiger partial charge in [0.15, 0.2) is 0 Å². The number of halogens is 1. The smallest absolute Gasteiger partial charge is 0.0450 e. The molecule has 0 amide bonds. The fourth-order valence-corrected chi connectivity index (χ4v) is 3.44. The van der Waals surface area contributed by atoms with Crippen LogP contribution in [-0.2, 0) is 0 Å². The average Bonchev–Trinajstić information content (AvgIpc) is 2.61. The number of nitrogens with zero attached hydrogens (tertiary/aromatic N) is 1. The number of aryl methyl sites for hydroxylation is 1. The normalized spacial score (nSPS) is 20.6. The molecular weight excluding hydrogens is 238 g/mol. The Kier molecular flexibility index (Phi) is 3.50. The van der Waals surface area contributed by atoms with Crippen molar-refractivity contribution in [3.8, 4) is 0 Å². The topological polar surface area (TPSA) is 12.4 Å². The summed E-state index contributed by atoms with van der Waals surface area (Å²) in [6.45, 7) is 6.49. The van der Waals surface area contributed by atoms with Crippen LogP contribution in [0.1, 0.15) is 41.7 Å². The Morgan fingerprint density at radius 1 is 1.50 bits per heavy atom. The molecule has 0 saturated carbocycles. The van der Waals surface area contributed by atoms with E-state index in [4.69, 9.17) is 11.6 Å².